The van der Waals surface area contributed by atoms with Crippen LogP contribution in [0.4, 0.5) is 0 Å². The van der Waals surface area contributed by atoms with Crippen LogP contribution in [-0.4, -0.2) is 27.5 Å². The molecule has 0 aliphatic carbocycles. The molecule has 0 radical (unpaired) electrons. The molecule has 6 nitrogen and oxygen atoms in total. The first-order valence-electron chi connectivity index (χ1n) is 20.8. The van der Waals surface area contributed by atoms with Crippen LogP contribution in [0, 0.1) is 0 Å². The lowest BCUT2D eigenvalue weighted by atomic mass is 9.92. The van der Waals surface area contributed by atoms with Crippen molar-refractivity contribution in [1.82, 2.24) is 27.5 Å². The molecule has 56 heavy (non-hydrogen) atoms. The fourth-order valence-corrected chi connectivity index (χ4v) is 9.49. The van der Waals surface area contributed by atoms with Crippen molar-refractivity contribution in [2.24, 2.45) is 0 Å². The number of rotatable bonds is 16. The molecule has 0 fully saturated rings. The van der Waals surface area contributed by atoms with E-state index < -0.39 is 0 Å². The minimum Gasteiger partial charge on any atom is -0.241 e. The van der Waals surface area contributed by atoms with E-state index in [0.29, 0.717) is 0 Å². The van der Waals surface area contributed by atoms with Crippen LogP contribution in [0.25, 0.3) is 87.9 Å². The zero-order chi connectivity index (χ0) is 37.8. The van der Waals surface area contributed by atoms with E-state index in [9.17, 15) is 0 Å². The highest BCUT2D eigenvalue weighted by Crippen LogP contribution is 2.40. The molecule has 282 valence electrons. The van der Waals surface area contributed by atoms with Crippen molar-refractivity contribution in [2.45, 2.75) is 104 Å². The zero-order valence-electron chi connectivity index (χ0n) is 32.5. The molecule has 6 aromatic carbocycles. The van der Waals surface area contributed by atoms with Gasteiger partial charge in [0.05, 0.1) is 34.5 Å². The van der Waals surface area contributed by atoms with Gasteiger partial charge in [-0.25, -0.2) is 9.97 Å². The van der Waals surface area contributed by atoms with Gasteiger partial charge < -0.3 is 0 Å². The van der Waals surface area contributed by atoms with Crippen LogP contribution >= 0.6 is 23.5 Å². The number of benzene rings is 6. The van der Waals surface area contributed by atoms with E-state index in [4.69, 9.17) is 9.97 Å². The lowest BCUT2D eigenvalue weighted by Crippen LogP contribution is -1.94. The smallest absolute Gasteiger partial charge is 0.136 e. The van der Waals surface area contributed by atoms with Crippen molar-refractivity contribution < 1.29 is 0 Å². The summed E-state index contributed by atoms with van der Waals surface area (Å²) in [5, 5.41) is 4.48. The van der Waals surface area contributed by atoms with E-state index in [2.05, 4.69) is 116 Å². The Morgan fingerprint density at radius 3 is 1.11 bits per heavy atom. The summed E-state index contributed by atoms with van der Waals surface area (Å²) in [7, 11) is 0. The monoisotopic (exact) mass is 772 g/mol. The quantitative estimate of drug-likeness (QED) is 0.0553. The lowest BCUT2D eigenvalue weighted by Gasteiger charge is -2.14. The third kappa shape index (κ3) is 7.25. The lowest BCUT2D eigenvalue weighted by molar-refractivity contribution is 0.607. The van der Waals surface area contributed by atoms with Gasteiger partial charge in [0.25, 0.3) is 0 Å². The van der Waals surface area contributed by atoms with E-state index >= 15 is 0 Å². The Kier molecular flexibility index (Phi) is 10.9. The highest BCUT2D eigenvalue weighted by molar-refractivity contribution is 7.01. The number of aromatic nitrogens is 6. The molecular weight excluding hydrogens is 725 g/mol. The molecule has 0 saturated carbocycles. The summed E-state index contributed by atoms with van der Waals surface area (Å²) >= 11 is 2.36. The number of aryl methyl sites for hydroxylation is 2. The number of fused-ring (bicyclic) bond motifs is 12. The molecule has 9 aromatic rings. The van der Waals surface area contributed by atoms with E-state index in [1.165, 1.54) is 145 Å². The van der Waals surface area contributed by atoms with Crippen molar-refractivity contribution in [3.63, 3.8) is 0 Å². The molecule has 0 atom stereocenters. The van der Waals surface area contributed by atoms with Gasteiger partial charge in [-0.05, 0) is 82.0 Å². The Morgan fingerprint density at radius 1 is 0.339 bits per heavy atom. The summed E-state index contributed by atoms with van der Waals surface area (Å²) in [6.45, 7) is 4.56. The van der Waals surface area contributed by atoms with Gasteiger partial charge in [-0.3, -0.25) is 0 Å². The predicted molar refractivity (Wildman–Crippen MR) is 239 cm³/mol. The van der Waals surface area contributed by atoms with Gasteiger partial charge in [0.2, 0.25) is 0 Å². The van der Waals surface area contributed by atoms with Crippen LogP contribution in [0.15, 0.2) is 84.9 Å². The van der Waals surface area contributed by atoms with E-state index in [1.54, 1.807) is 0 Å². The van der Waals surface area contributed by atoms with Crippen LogP contribution in [0.3, 0.4) is 0 Å². The maximum absolute atomic E-state index is 5.37. The van der Waals surface area contributed by atoms with Gasteiger partial charge in [0.15, 0.2) is 0 Å². The Hall–Kier alpha value is -4.92. The molecule has 8 heteroatoms. The Labute approximate surface area is 337 Å². The summed E-state index contributed by atoms with van der Waals surface area (Å²) < 4.78 is 18.5. The van der Waals surface area contributed by atoms with Crippen molar-refractivity contribution >= 4 is 89.1 Å². The first kappa shape index (κ1) is 36.7. The Bertz CT molecular complexity index is 2590. The molecular formula is C48H48N6S2. The molecule has 0 amide bonds. The minimum absolute atomic E-state index is 0.727. The highest BCUT2D eigenvalue weighted by atomic mass is 32.1. The number of hydrogen-bond donors (Lipinski definition) is 0. The highest BCUT2D eigenvalue weighted by Gasteiger charge is 2.21. The van der Waals surface area contributed by atoms with Crippen LogP contribution < -0.4 is 0 Å². The average Bonchev–Trinajstić information content (AvgIpc) is 3.94. The molecule has 0 spiro atoms. The zero-order valence-corrected chi connectivity index (χ0v) is 34.1. The second-order valence-electron chi connectivity index (χ2n) is 15.5. The van der Waals surface area contributed by atoms with Gasteiger partial charge in [0, 0.05) is 10.8 Å². The SMILES string of the molecule is CCCCCCCCc1ccc(-c2ccc3c(c2)c2cc(-c4ccc(CCCCCCCC)cc4)ccc2c2nc4c5nsnc5c5nsnc5c4nc32)cc1. The molecule has 0 saturated heterocycles. The van der Waals surface area contributed by atoms with Crippen LogP contribution in [-0.2, 0) is 12.8 Å². The standard InChI is InChI=1S/C48H48N6S2/c1-3-5-7-9-11-13-15-31-17-21-33(22-18-31)35-25-27-37-39(29-35)40-30-36(34-23-19-32(20-24-34)16-14-12-10-8-6-4-2)26-28-38(40)42-41(37)49-43-44(50-42)46-48(54-56-52-46)47-45(43)51-55-53-47/h17-30H,3-16H2,1-2H3. The largest absolute Gasteiger partial charge is 0.241 e. The summed E-state index contributed by atoms with van der Waals surface area (Å²) in [5.74, 6) is 0. The average molecular weight is 773 g/mol. The molecule has 0 bridgehead atoms. The topological polar surface area (TPSA) is 77.3 Å². The predicted octanol–water partition coefficient (Wildman–Crippen LogP) is 14.2. The van der Waals surface area contributed by atoms with E-state index in [1.807, 2.05) is 0 Å². The molecule has 0 aliphatic heterocycles. The Balaban J connectivity index is 1.12. The summed E-state index contributed by atoms with van der Waals surface area (Å²) in [5.41, 5.74) is 13.8. The van der Waals surface area contributed by atoms with E-state index in [0.717, 1.165) is 67.7 Å². The minimum atomic E-state index is 0.727. The van der Waals surface area contributed by atoms with E-state index in [-0.39, 0.29) is 0 Å². The fraction of sp³-hybridized carbons (Fsp3) is 0.333. The van der Waals surface area contributed by atoms with Gasteiger partial charge >= 0.3 is 0 Å². The van der Waals surface area contributed by atoms with Gasteiger partial charge in [-0.2, -0.15) is 17.5 Å². The maximum Gasteiger partial charge on any atom is 0.136 e. The molecule has 9 rings (SSSR count). The Morgan fingerprint density at radius 2 is 0.696 bits per heavy atom. The van der Waals surface area contributed by atoms with Gasteiger partial charge in [-0.1, -0.05) is 151 Å². The number of unbranched alkanes of at least 4 members (excludes halogenated alkanes) is 10. The molecule has 0 unspecified atom stereocenters. The molecule has 0 N–H and O–H groups in total. The van der Waals surface area contributed by atoms with Crippen molar-refractivity contribution in [1.29, 1.82) is 0 Å². The first-order valence-corrected chi connectivity index (χ1v) is 22.2. The molecule has 3 heterocycles. The van der Waals surface area contributed by atoms with Gasteiger partial charge in [0.1, 0.15) is 33.1 Å². The summed E-state index contributed by atoms with van der Waals surface area (Å²) in [6.07, 6.45) is 18.1. The van der Waals surface area contributed by atoms with Crippen molar-refractivity contribution in [3.8, 4) is 22.3 Å². The number of nitrogens with zero attached hydrogens (tertiary/aromatic N) is 6. The normalized spacial score (nSPS) is 12.0. The first-order chi connectivity index (χ1) is 27.7. The summed E-state index contributed by atoms with van der Waals surface area (Å²) in [4.78, 5) is 10.7. The van der Waals surface area contributed by atoms with Crippen LogP contribution in [0.1, 0.15) is 102 Å². The number of hydrogen-bond acceptors (Lipinski definition) is 8. The van der Waals surface area contributed by atoms with Crippen molar-refractivity contribution in [3.05, 3.63) is 96.1 Å². The second kappa shape index (κ2) is 16.7. The van der Waals surface area contributed by atoms with Crippen LogP contribution in [0.2, 0.25) is 0 Å². The van der Waals surface area contributed by atoms with Gasteiger partial charge in [-0.15, -0.1) is 0 Å². The summed E-state index contributed by atoms with van der Waals surface area (Å²) in [6, 6.07) is 32.1. The fourth-order valence-electron chi connectivity index (χ4n) is 8.39. The second-order valence-corrected chi connectivity index (χ2v) is 16.5. The third-order valence-electron chi connectivity index (χ3n) is 11.6. The van der Waals surface area contributed by atoms with Crippen molar-refractivity contribution in [2.75, 3.05) is 0 Å². The maximum atomic E-state index is 5.37. The molecule has 0 aliphatic rings. The van der Waals surface area contributed by atoms with Crippen LogP contribution in [0.5, 0.6) is 0 Å². The molecule has 3 aromatic heterocycles. The third-order valence-corrected chi connectivity index (χ3v) is 12.7.